The molecule has 42 heavy (non-hydrogen) atoms. The highest BCUT2D eigenvalue weighted by Crippen LogP contribution is 2.51. The second-order valence-corrected chi connectivity index (χ2v) is 14.7. The Morgan fingerprint density at radius 3 is 2.07 bits per heavy atom. The molecule has 0 spiro atoms. The molecule has 0 aliphatic carbocycles. The first-order valence-corrected chi connectivity index (χ1v) is 16.4. The molecule has 0 radical (unpaired) electrons. The standard InChI is InChI=1S/C35H42N3O3P/c1-25(34-37-31(24-41-34)35(2,3)4)36-33(40)29-21-14-22-38(29)32(39)23-30(26-15-8-5-9-16-26)42(27-17-10-6-11-18-27)28-19-12-7-13-20-28/h5-13,15-20,25,29-31H,14,21-24H2,1-4H3,(H,36,40)/t25-,29+,30+,31-/m1/s1. The van der Waals surface area contributed by atoms with Gasteiger partial charge in [-0.2, -0.15) is 0 Å². The summed E-state index contributed by atoms with van der Waals surface area (Å²) < 4.78 is 5.86. The van der Waals surface area contributed by atoms with Crippen LogP contribution in [-0.2, 0) is 14.3 Å². The van der Waals surface area contributed by atoms with Crippen LogP contribution in [0.1, 0.15) is 58.2 Å². The molecule has 0 saturated carbocycles. The fraction of sp³-hybridized carbons (Fsp3) is 0.400. The molecule has 4 atom stereocenters. The minimum absolute atomic E-state index is 0.00561. The van der Waals surface area contributed by atoms with E-state index in [-0.39, 0.29) is 35.0 Å². The summed E-state index contributed by atoms with van der Waals surface area (Å²) in [7, 11) is -0.882. The van der Waals surface area contributed by atoms with Gasteiger partial charge in [0.25, 0.3) is 0 Å². The van der Waals surface area contributed by atoms with Gasteiger partial charge in [-0.3, -0.25) is 9.59 Å². The lowest BCUT2D eigenvalue weighted by Gasteiger charge is -2.32. The molecule has 1 saturated heterocycles. The summed E-state index contributed by atoms with van der Waals surface area (Å²) in [6.07, 6.45) is 1.80. The van der Waals surface area contributed by atoms with Crippen LogP contribution in [0.4, 0.5) is 0 Å². The van der Waals surface area contributed by atoms with Crippen molar-refractivity contribution in [2.75, 3.05) is 13.2 Å². The first kappa shape index (κ1) is 30.0. The fourth-order valence-electron chi connectivity index (χ4n) is 5.78. The summed E-state index contributed by atoms with van der Waals surface area (Å²) in [6, 6.07) is 30.6. The summed E-state index contributed by atoms with van der Waals surface area (Å²) in [5.41, 5.74) is 1.11. The molecule has 2 aliphatic heterocycles. The Bertz CT molecular complexity index is 1340. The van der Waals surface area contributed by atoms with Crippen molar-refractivity contribution in [1.82, 2.24) is 10.2 Å². The highest BCUT2D eigenvalue weighted by atomic mass is 31.1. The minimum atomic E-state index is -0.882. The number of ether oxygens (including phenoxy) is 1. The molecule has 3 aromatic carbocycles. The van der Waals surface area contributed by atoms with Gasteiger partial charge in [-0.25, -0.2) is 4.99 Å². The third kappa shape index (κ3) is 6.93. The van der Waals surface area contributed by atoms with E-state index in [2.05, 4.69) is 86.8 Å². The van der Waals surface area contributed by atoms with E-state index >= 15 is 0 Å². The zero-order valence-electron chi connectivity index (χ0n) is 25.1. The number of hydrogen-bond donors (Lipinski definition) is 1. The van der Waals surface area contributed by atoms with Gasteiger partial charge in [-0.1, -0.05) is 112 Å². The molecule has 1 N–H and O–H groups in total. The number of carbonyl (C=O) groups excluding carboxylic acids is 2. The zero-order chi connectivity index (χ0) is 29.7. The van der Waals surface area contributed by atoms with Crippen LogP contribution in [0.25, 0.3) is 0 Å². The first-order valence-electron chi connectivity index (χ1n) is 15.0. The molecule has 6 nitrogen and oxygen atoms in total. The van der Waals surface area contributed by atoms with E-state index in [0.29, 0.717) is 31.9 Å². The van der Waals surface area contributed by atoms with Crippen molar-refractivity contribution in [3.05, 3.63) is 96.6 Å². The second-order valence-electron chi connectivity index (χ2n) is 12.3. The molecule has 3 aromatic rings. The lowest BCUT2D eigenvalue weighted by Crippen LogP contribution is -2.50. The van der Waals surface area contributed by atoms with Gasteiger partial charge in [-0.15, -0.1) is 0 Å². The number of hydrogen-bond acceptors (Lipinski definition) is 4. The number of rotatable bonds is 9. The average Bonchev–Trinajstić information content (AvgIpc) is 3.70. The van der Waals surface area contributed by atoms with E-state index in [1.807, 2.05) is 37.3 Å². The summed E-state index contributed by atoms with van der Waals surface area (Å²) in [5.74, 6) is 0.457. The zero-order valence-corrected chi connectivity index (χ0v) is 26.0. The number of nitrogens with one attached hydrogen (secondary N) is 1. The van der Waals surface area contributed by atoms with E-state index in [0.717, 1.165) is 12.0 Å². The maximum atomic E-state index is 14.1. The third-order valence-electron chi connectivity index (χ3n) is 8.21. The van der Waals surface area contributed by atoms with Crippen molar-refractivity contribution in [2.24, 2.45) is 10.4 Å². The molecule has 2 aliphatic rings. The maximum Gasteiger partial charge on any atom is 0.243 e. The summed E-state index contributed by atoms with van der Waals surface area (Å²) in [5, 5.41) is 5.56. The third-order valence-corrected chi connectivity index (χ3v) is 11.0. The van der Waals surface area contributed by atoms with E-state index in [1.165, 1.54) is 10.6 Å². The Kier molecular flexibility index (Phi) is 9.43. The topological polar surface area (TPSA) is 71.0 Å². The fourth-order valence-corrected chi connectivity index (χ4v) is 8.60. The van der Waals surface area contributed by atoms with Crippen molar-refractivity contribution in [2.45, 2.75) is 70.7 Å². The van der Waals surface area contributed by atoms with Crippen LogP contribution < -0.4 is 15.9 Å². The SMILES string of the molecule is C[C@@H](NC(=O)[C@@H]1CCCN1C(=O)C[C@@H](c1ccccc1)P(c1ccccc1)c1ccccc1)C1=N[C@@H](C(C)(C)C)CO1. The quantitative estimate of drug-likeness (QED) is 0.334. The van der Waals surface area contributed by atoms with Gasteiger partial charge in [0.15, 0.2) is 0 Å². The highest BCUT2D eigenvalue weighted by Gasteiger charge is 2.38. The number of carbonyl (C=O) groups is 2. The van der Waals surface area contributed by atoms with Gasteiger partial charge in [0.1, 0.15) is 18.7 Å². The van der Waals surface area contributed by atoms with Gasteiger partial charge in [-0.05, 0) is 49.3 Å². The lowest BCUT2D eigenvalue weighted by molar-refractivity contribution is -0.138. The molecule has 0 aromatic heterocycles. The van der Waals surface area contributed by atoms with Crippen molar-refractivity contribution >= 4 is 36.2 Å². The van der Waals surface area contributed by atoms with Gasteiger partial charge >= 0.3 is 0 Å². The second kappa shape index (κ2) is 13.2. The smallest absolute Gasteiger partial charge is 0.243 e. The molecule has 0 unspecified atom stereocenters. The number of benzene rings is 3. The normalized spacial score (nSPS) is 20.1. The summed E-state index contributed by atoms with van der Waals surface area (Å²) in [4.78, 5) is 34.2. The maximum absolute atomic E-state index is 14.1. The average molecular weight is 584 g/mol. The molecular formula is C35H42N3O3P. The van der Waals surface area contributed by atoms with E-state index < -0.39 is 14.0 Å². The molecule has 2 heterocycles. The Morgan fingerprint density at radius 2 is 1.52 bits per heavy atom. The van der Waals surface area contributed by atoms with Gasteiger partial charge in [0, 0.05) is 18.6 Å². The molecule has 1 fully saturated rings. The van der Waals surface area contributed by atoms with Crippen LogP contribution in [0.2, 0.25) is 0 Å². The van der Waals surface area contributed by atoms with Crippen molar-refractivity contribution < 1.29 is 14.3 Å². The molecular weight excluding hydrogens is 541 g/mol. The van der Waals surface area contributed by atoms with E-state index in [1.54, 1.807) is 4.90 Å². The van der Waals surface area contributed by atoms with Gasteiger partial charge in [0.05, 0.1) is 6.04 Å². The van der Waals surface area contributed by atoms with Crippen molar-refractivity contribution in [3.8, 4) is 0 Å². The Morgan fingerprint density at radius 1 is 0.952 bits per heavy atom. The molecule has 0 bridgehead atoms. The summed E-state index contributed by atoms with van der Waals surface area (Å²) >= 11 is 0. The Hall–Kier alpha value is -3.50. The first-order chi connectivity index (χ1) is 20.2. The van der Waals surface area contributed by atoms with E-state index in [9.17, 15) is 9.59 Å². The van der Waals surface area contributed by atoms with Crippen LogP contribution in [0.3, 0.4) is 0 Å². The Labute approximate surface area is 251 Å². The number of amides is 2. The van der Waals surface area contributed by atoms with Crippen molar-refractivity contribution in [3.63, 3.8) is 0 Å². The summed E-state index contributed by atoms with van der Waals surface area (Å²) in [6.45, 7) is 9.45. The number of aliphatic imine (C=N–C) groups is 1. The van der Waals surface area contributed by atoms with Crippen LogP contribution in [0.5, 0.6) is 0 Å². The number of likely N-dealkylation sites (tertiary alicyclic amines) is 1. The van der Waals surface area contributed by atoms with Crippen LogP contribution in [-0.4, -0.2) is 53.9 Å². The van der Waals surface area contributed by atoms with E-state index in [4.69, 9.17) is 9.73 Å². The highest BCUT2D eigenvalue weighted by molar-refractivity contribution is 7.73. The van der Waals surface area contributed by atoms with Crippen LogP contribution in [0, 0.1) is 5.41 Å². The van der Waals surface area contributed by atoms with Gasteiger partial charge < -0.3 is 15.0 Å². The predicted octanol–water partition coefficient (Wildman–Crippen LogP) is 5.59. The van der Waals surface area contributed by atoms with Gasteiger partial charge in [0.2, 0.25) is 17.7 Å². The predicted molar refractivity (Wildman–Crippen MR) is 172 cm³/mol. The largest absolute Gasteiger partial charge is 0.477 e. The molecule has 5 rings (SSSR count). The van der Waals surface area contributed by atoms with Crippen LogP contribution >= 0.6 is 7.92 Å². The molecule has 220 valence electrons. The minimum Gasteiger partial charge on any atom is -0.477 e. The Balaban J connectivity index is 1.36. The number of nitrogens with zero attached hydrogens (tertiary/aromatic N) is 2. The molecule has 2 amide bonds. The van der Waals surface area contributed by atoms with Crippen LogP contribution in [0.15, 0.2) is 96.0 Å². The van der Waals surface area contributed by atoms with Crippen molar-refractivity contribution in [1.29, 1.82) is 0 Å². The molecule has 7 heteroatoms. The monoisotopic (exact) mass is 583 g/mol. The lowest BCUT2D eigenvalue weighted by atomic mass is 9.88.